The molecule has 82 valence electrons. The van der Waals surface area contributed by atoms with E-state index in [-0.39, 0.29) is 0 Å². The van der Waals surface area contributed by atoms with Crippen molar-refractivity contribution in [3.8, 4) is 11.8 Å². The molecule has 17 heavy (non-hydrogen) atoms. The number of hydrogen-bond donors (Lipinski definition) is 0. The van der Waals surface area contributed by atoms with Crippen molar-refractivity contribution in [3.05, 3.63) is 71.3 Å². The smallest absolute Gasteiger partial charge is 0.0287 e. The predicted octanol–water partition coefficient (Wildman–Crippen LogP) is 3.45. The van der Waals surface area contributed by atoms with E-state index in [0.717, 1.165) is 18.4 Å². The molecule has 0 atom stereocenters. The first kappa shape index (κ1) is 10.2. The SMILES string of the molecule is C(#CC1Cc2ccccc2C1)c1ccccc1. The molecule has 0 unspecified atom stereocenters. The Balaban J connectivity index is 1.77. The zero-order valence-electron chi connectivity index (χ0n) is 9.69. The van der Waals surface area contributed by atoms with Gasteiger partial charge in [0.05, 0.1) is 0 Å². The molecule has 0 saturated carbocycles. The summed E-state index contributed by atoms with van der Waals surface area (Å²) in [7, 11) is 0. The van der Waals surface area contributed by atoms with Gasteiger partial charge < -0.3 is 0 Å². The van der Waals surface area contributed by atoms with Crippen molar-refractivity contribution in [2.24, 2.45) is 5.92 Å². The Kier molecular flexibility index (Phi) is 2.68. The van der Waals surface area contributed by atoms with Gasteiger partial charge in [-0.15, -0.1) is 0 Å². The van der Waals surface area contributed by atoms with E-state index in [4.69, 9.17) is 0 Å². The first-order valence-electron chi connectivity index (χ1n) is 6.05. The van der Waals surface area contributed by atoms with Gasteiger partial charge in [0.1, 0.15) is 0 Å². The van der Waals surface area contributed by atoms with E-state index in [2.05, 4.69) is 48.2 Å². The summed E-state index contributed by atoms with van der Waals surface area (Å²) in [5, 5.41) is 0. The van der Waals surface area contributed by atoms with Crippen molar-refractivity contribution in [2.75, 3.05) is 0 Å². The maximum absolute atomic E-state index is 3.39. The van der Waals surface area contributed by atoms with E-state index in [1.54, 1.807) is 0 Å². The fraction of sp³-hybridized carbons (Fsp3) is 0.176. The minimum Gasteiger partial charge on any atom is -0.0938 e. The van der Waals surface area contributed by atoms with Crippen molar-refractivity contribution in [1.82, 2.24) is 0 Å². The maximum atomic E-state index is 3.39. The van der Waals surface area contributed by atoms with Crippen LogP contribution < -0.4 is 0 Å². The topological polar surface area (TPSA) is 0 Å². The zero-order valence-corrected chi connectivity index (χ0v) is 9.69. The second-order valence-corrected chi connectivity index (χ2v) is 4.51. The van der Waals surface area contributed by atoms with Crippen molar-refractivity contribution < 1.29 is 0 Å². The van der Waals surface area contributed by atoms with Gasteiger partial charge >= 0.3 is 0 Å². The van der Waals surface area contributed by atoms with E-state index >= 15 is 0 Å². The first-order valence-corrected chi connectivity index (χ1v) is 6.05. The van der Waals surface area contributed by atoms with Crippen molar-refractivity contribution in [1.29, 1.82) is 0 Å². The molecule has 2 aromatic carbocycles. The van der Waals surface area contributed by atoms with Gasteiger partial charge in [0.2, 0.25) is 0 Å². The van der Waals surface area contributed by atoms with Crippen LogP contribution in [0.25, 0.3) is 0 Å². The van der Waals surface area contributed by atoms with Crippen LogP contribution in [0.2, 0.25) is 0 Å². The molecule has 0 N–H and O–H groups in total. The number of fused-ring (bicyclic) bond motifs is 1. The first-order chi connectivity index (χ1) is 8.42. The molecule has 0 radical (unpaired) electrons. The molecule has 3 rings (SSSR count). The third kappa shape index (κ3) is 2.24. The fourth-order valence-corrected chi connectivity index (χ4v) is 2.37. The molecule has 0 aromatic heterocycles. The molecule has 0 spiro atoms. The summed E-state index contributed by atoms with van der Waals surface area (Å²) in [4.78, 5) is 0. The molecule has 1 aliphatic carbocycles. The minimum atomic E-state index is 0.493. The molecular weight excluding hydrogens is 204 g/mol. The third-order valence-corrected chi connectivity index (χ3v) is 3.25. The van der Waals surface area contributed by atoms with Crippen LogP contribution in [0.5, 0.6) is 0 Å². The molecule has 0 heterocycles. The Labute approximate surface area is 102 Å². The van der Waals surface area contributed by atoms with Gasteiger partial charge in [-0.25, -0.2) is 0 Å². The lowest BCUT2D eigenvalue weighted by Crippen LogP contribution is -1.94. The summed E-state index contributed by atoms with van der Waals surface area (Å²) in [5.41, 5.74) is 4.06. The Bertz CT molecular complexity index is 545. The highest BCUT2D eigenvalue weighted by Crippen LogP contribution is 2.25. The molecular formula is C17H14. The lowest BCUT2D eigenvalue weighted by molar-refractivity contribution is 0.731. The molecule has 0 saturated heterocycles. The van der Waals surface area contributed by atoms with Crippen molar-refractivity contribution >= 4 is 0 Å². The van der Waals surface area contributed by atoms with E-state index in [1.165, 1.54) is 11.1 Å². The van der Waals surface area contributed by atoms with Crippen LogP contribution in [0, 0.1) is 17.8 Å². The highest BCUT2D eigenvalue weighted by atomic mass is 14.2. The molecule has 0 aliphatic heterocycles. The quantitative estimate of drug-likeness (QED) is 0.594. The average Bonchev–Trinajstić information content (AvgIpc) is 2.80. The van der Waals surface area contributed by atoms with Gasteiger partial charge in [0.15, 0.2) is 0 Å². The molecule has 0 fully saturated rings. The number of hydrogen-bond acceptors (Lipinski definition) is 0. The monoisotopic (exact) mass is 218 g/mol. The van der Waals surface area contributed by atoms with Crippen molar-refractivity contribution in [2.45, 2.75) is 12.8 Å². The van der Waals surface area contributed by atoms with Gasteiger partial charge in [0.25, 0.3) is 0 Å². The Hall–Kier alpha value is -2.00. The Morgan fingerprint density at radius 3 is 2.00 bits per heavy atom. The lowest BCUT2D eigenvalue weighted by atomic mass is 10.1. The van der Waals surface area contributed by atoms with Crippen LogP contribution in [-0.2, 0) is 12.8 Å². The van der Waals surface area contributed by atoms with E-state index < -0.39 is 0 Å². The van der Waals surface area contributed by atoms with E-state index in [9.17, 15) is 0 Å². The van der Waals surface area contributed by atoms with Crippen LogP contribution >= 0.6 is 0 Å². The summed E-state index contributed by atoms with van der Waals surface area (Å²) in [6.45, 7) is 0. The van der Waals surface area contributed by atoms with Crippen LogP contribution in [0.3, 0.4) is 0 Å². The molecule has 0 amide bonds. The fourth-order valence-electron chi connectivity index (χ4n) is 2.37. The Morgan fingerprint density at radius 1 is 0.765 bits per heavy atom. The molecule has 2 aromatic rings. The van der Waals surface area contributed by atoms with Crippen molar-refractivity contribution in [3.63, 3.8) is 0 Å². The summed E-state index contributed by atoms with van der Waals surface area (Å²) in [6.07, 6.45) is 2.21. The predicted molar refractivity (Wildman–Crippen MR) is 70.7 cm³/mol. The van der Waals surface area contributed by atoms with E-state index in [1.807, 2.05) is 18.2 Å². The van der Waals surface area contributed by atoms with Crippen LogP contribution in [-0.4, -0.2) is 0 Å². The summed E-state index contributed by atoms with van der Waals surface area (Å²) in [5.74, 6) is 7.16. The van der Waals surface area contributed by atoms with Gasteiger partial charge in [-0.05, 0) is 36.1 Å². The van der Waals surface area contributed by atoms with E-state index in [0.29, 0.717) is 5.92 Å². The van der Waals surface area contributed by atoms with Crippen LogP contribution in [0.4, 0.5) is 0 Å². The van der Waals surface area contributed by atoms with Gasteiger partial charge in [-0.2, -0.15) is 0 Å². The Morgan fingerprint density at radius 2 is 1.35 bits per heavy atom. The van der Waals surface area contributed by atoms with Gasteiger partial charge in [-0.1, -0.05) is 54.3 Å². The summed E-state index contributed by atoms with van der Waals surface area (Å²) >= 11 is 0. The number of rotatable bonds is 0. The van der Waals surface area contributed by atoms with Gasteiger partial charge in [-0.3, -0.25) is 0 Å². The standard InChI is InChI=1S/C17H14/c1-2-6-14(7-3-1)10-11-15-12-16-8-4-5-9-17(16)13-15/h1-9,15H,12-13H2. The number of benzene rings is 2. The van der Waals surface area contributed by atoms with Gasteiger partial charge in [0, 0.05) is 11.5 Å². The highest BCUT2D eigenvalue weighted by Gasteiger charge is 2.18. The molecule has 0 nitrogen and oxygen atoms in total. The summed E-state index contributed by atoms with van der Waals surface area (Å²) in [6, 6.07) is 18.9. The molecule has 0 heteroatoms. The highest BCUT2D eigenvalue weighted by molar-refractivity contribution is 5.38. The van der Waals surface area contributed by atoms with Crippen LogP contribution in [0.1, 0.15) is 16.7 Å². The normalized spacial score (nSPS) is 13.9. The minimum absolute atomic E-state index is 0.493. The summed E-state index contributed by atoms with van der Waals surface area (Å²) < 4.78 is 0. The second-order valence-electron chi connectivity index (χ2n) is 4.51. The average molecular weight is 218 g/mol. The van der Waals surface area contributed by atoms with Crippen LogP contribution in [0.15, 0.2) is 54.6 Å². The molecule has 1 aliphatic rings. The third-order valence-electron chi connectivity index (χ3n) is 3.25. The molecule has 0 bridgehead atoms. The largest absolute Gasteiger partial charge is 0.0938 e. The lowest BCUT2D eigenvalue weighted by Gasteiger charge is -1.96. The maximum Gasteiger partial charge on any atom is 0.0287 e. The zero-order chi connectivity index (χ0) is 11.5. The second kappa shape index (κ2) is 4.47.